The van der Waals surface area contributed by atoms with Gasteiger partial charge in [-0.2, -0.15) is 0 Å². The molecular formula is C16H28N2O2. The first-order valence-electron chi connectivity index (χ1n) is 7.87. The van der Waals surface area contributed by atoms with Crippen molar-refractivity contribution in [2.24, 2.45) is 0 Å². The van der Waals surface area contributed by atoms with Crippen LogP contribution in [0.3, 0.4) is 0 Å². The van der Waals surface area contributed by atoms with E-state index in [2.05, 4.69) is 35.5 Å². The highest BCUT2D eigenvalue weighted by Crippen LogP contribution is 2.05. The lowest BCUT2D eigenvalue weighted by Crippen LogP contribution is -2.31. The van der Waals surface area contributed by atoms with Gasteiger partial charge in [0.25, 0.3) is 0 Å². The molecule has 2 saturated heterocycles. The monoisotopic (exact) mass is 280 g/mol. The molecule has 0 N–H and O–H groups in total. The Morgan fingerprint density at radius 2 is 1.30 bits per heavy atom. The molecule has 0 aliphatic carbocycles. The van der Waals surface area contributed by atoms with E-state index in [1.54, 1.807) is 0 Å². The van der Waals surface area contributed by atoms with Crippen molar-refractivity contribution in [2.75, 3.05) is 52.5 Å². The summed E-state index contributed by atoms with van der Waals surface area (Å²) in [6.45, 7) is 12.0. The van der Waals surface area contributed by atoms with Crippen molar-refractivity contribution < 1.29 is 9.47 Å². The summed E-state index contributed by atoms with van der Waals surface area (Å²) in [5.74, 6) is 6.65. The molecule has 0 saturated carbocycles. The zero-order valence-electron chi connectivity index (χ0n) is 12.9. The zero-order chi connectivity index (χ0) is 14.2. The molecule has 2 atom stereocenters. The largest absolute Gasteiger partial charge is 0.377 e. The molecule has 0 aromatic heterocycles. The van der Waals surface area contributed by atoms with Gasteiger partial charge in [0, 0.05) is 39.4 Å². The molecule has 0 spiro atoms. The molecule has 0 unspecified atom stereocenters. The van der Waals surface area contributed by atoms with Crippen molar-refractivity contribution in [2.45, 2.75) is 38.9 Å². The zero-order valence-corrected chi connectivity index (χ0v) is 12.9. The third kappa shape index (κ3) is 5.80. The van der Waals surface area contributed by atoms with Crippen molar-refractivity contribution in [3.63, 3.8) is 0 Å². The SMILES string of the molecule is C[C@@H]1CN(CC#CCN2CCCO[C@H](C)C2)CCCO1. The van der Waals surface area contributed by atoms with E-state index in [1.807, 2.05) is 0 Å². The van der Waals surface area contributed by atoms with E-state index in [0.717, 1.165) is 65.3 Å². The van der Waals surface area contributed by atoms with Crippen LogP contribution in [0.25, 0.3) is 0 Å². The van der Waals surface area contributed by atoms with Crippen LogP contribution in [0.2, 0.25) is 0 Å². The lowest BCUT2D eigenvalue weighted by atomic mass is 10.3. The summed E-state index contributed by atoms with van der Waals surface area (Å²) in [6.07, 6.45) is 2.91. The van der Waals surface area contributed by atoms with Gasteiger partial charge in [0.05, 0.1) is 25.3 Å². The Kier molecular flexibility index (Phi) is 6.81. The third-order valence-electron chi connectivity index (χ3n) is 3.80. The van der Waals surface area contributed by atoms with E-state index in [4.69, 9.17) is 9.47 Å². The predicted octanol–water partition coefficient (Wildman–Crippen LogP) is 1.21. The van der Waals surface area contributed by atoms with Gasteiger partial charge in [-0.3, -0.25) is 9.80 Å². The molecule has 2 rings (SSSR count). The van der Waals surface area contributed by atoms with Gasteiger partial charge in [0.15, 0.2) is 0 Å². The van der Waals surface area contributed by atoms with Crippen LogP contribution in [-0.2, 0) is 9.47 Å². The summed E-state index contributed by atoms with van der Waals surface area (Å²) in [6, 6.07) is 0. The highest BCUT2D eigenvalue weighted by Gasteiger charge is 2.14. The molecule has 0 radical (unpaired) electrons. The van der Waals surface area contributed by atoms with Crippen LogP contribution in [0.15, 0.2) is 0 Å². The first-order valence-corrected chi connectivity index (χ1v) is 7.87. The minimum absolute atomic E-state index is 0.336. The average molecular weight is 280 g/mol. The molecule has 0 bridgehead atoms. The van der Waals surface area contributed by atoms with Gasteiger partial charge < -0.3 is 9.47 Å². The first-order chi connectivity index (χ1) is 9.74. The first kappa shape index (κ1) is 15.8. The van der Waals surface area contributed by atoms with E-state index in [9.17, 15) is 0 Å². The molecule has 20 heavy (non-hydrogen) atoms. The Morgan fingerprint density at radius 1 is 0.850 bits per heavy atom. The number of ether oxygens (including phenoxy) is 2. The molecule has 0 aromatic carbocycles. The van der Waals surface area contributed by atoms with E-state index in [0.29, 0.717) is 12.2 Å². The van der Waals surface area contributed by atoms with Gasteiger partial charge in [-0.15, -0.1) is 0 Å². The summed E-state index contributed by atoms with van der Waals surface area (Å²) in [4.78, 5) is 4.80. The highest BCUT2D eigenvalue weighted by molar-refractivity contribution is 5.03. The fourth-order valence-corrected chi connectivity index (χ4v) is 2.78. The Hall–Kier alpha value is -0.600. The fourth-order valence-electron chi connectivity index (χ4n) is 2.78. The van der Waals surface area contributed by atoms with E-state index < -0.39 is 0 Å². The average Bonchev–Trinajstić information content (AvgIpc) is 2.75. The smallest absolute Gasteiger partial charge is 0.0674 e. The molecular weight excluding hydrogens is 252 g/mol. The minimum Gasteiger partial charge on any atom is -0.377 e. The topological polar surface area (TPSA) is 24.9 Å². The maximum atomic E-state index is 5.65. The number of hydrogen-bond donors (Lipinski definition) is 0. The minimum atomic E-state index is 0.336. The van der Waals surface area contributed by atoms with Gasteiger partial charge in [-0.1, -0.05) is 11.8 Å². The van der Waals surface area contributed by atoms with E-state index in [-0.39, 0.29) is 0 Å². The maximum absolute atomic E-state index is 5.65. The molecule has 2 heterocycles. The van der Waals surface area contributed by atoms with Crippen LogP contribution in [-0.4, -0.2) is 74.5 Å². The number of hydrogen-bond acceptors (Lipinski definition) is 4. The second-order valence-electron chi connectivity index (χ2n) is 5.89. The van der Waals surface area contributed by atoms with Crippen molar-refractivity contribution in [3.8, 4) is 11.8 Å². The molecule has 4 nitrogen and oxygen atoms in total. The van der Waals surface area contributed by atoms with Crippen LogP contribution >= 0.6 is 0 Å². The van der Waals surface area contributed by atoms with Crippen molar-refractivity contribution in [1.82, 2.24) is 9.80 Å². The Morgan fingerprint density at radius 3 is 1.75 bits per heavy atom. The van der Waals surface area contributed by atoms with Crippen molar-refractivity contribution >= 4 is 0 Å². The second-order valence-corrected chi connectivity index (χ2v) is 5.89. The standard InChI is InChI=1S/C16H28N2O2/c1-15-13-17(9-5-11-19-15)7-3-4-8-18-10-6-12-20-16(2)14-18/h15-16H,5-14H2,1-2H3/t15-,16-/m1/s1. The normalized spacial score (nSPS) is 30.1. The van der Waals surface area contributed by atoms with Gasteiger partial charge in [0.1, 0.15) is 0 Å². The van der Waals surface area contributed by atoms with Crippen LogP contribution in [0.5, 0.6) is 0 Å². The Balaban J connectivity index is 1.70. The van der Waals surface area contributed by atoms with Crippen LogP contribution < -0.4 is 0 Å². The second kappa shape index (κ2) is 8.63. The molecule has 0 amide bonds. The molecule has 2 aliphatic heterocycles. The highest BCUT2D eigenvalue weighted by atomic mass is 16.5. The van der Waals surface area contributed by atoms with Gasteiger partial charge in [-0.25, -0.2) is 0 Å². The van der Waals surface area contributed by atoms with Crippen LogP contribution in [0, 0.1) is 11.8 Å². The van der Waals surface area contributed by atoms with Crippen LogP contribution in [0.4, 0.5) is 0 Å². The predicted molar refractivity (Wildman–Crippen MR) is 80.7 cm³/mol. The van der Waals surface area contributed by atoms with E-state index in [1.165, 1.54) is 0 Å². The van der Waals surface area contributed by atoms with E-state index >= 15 is 0 Å². The molecule has 2 aliphatic rings. The quantitative estimate of drug-likeness (QED) is 0.710. The fraction of sp³-hybridized carbons (Fsp3) is 0.875. The molecule has 0 aromatic rings. The summed E-state index contributed by atoms with van der Waals surface area (Å²) in [5, 5.41) is 0. The van der Waals surface area contributed by atoms with Gasteiger partial charge in [0.2, 0.25) is 0 Å². The number of rotatable bonds is 2. The number of nitrogens with zero attached hydrogens (tertiary/aromatic N) is 2. The molecule has 4 heteroatoms. The summed E-state index contributed by atoms with van der Waals surface area (Å²) in [7, 11) is 0. The third-order valence-corrected chi connectivity index (χ3v) is 3.80. The maximum Gasteiger partial charge on any atom is 0.0674 e. The van der Waals surface area contributed by atoms with Gasteiger partial charge >= 0.3 is 0 Å². The van der Waals surface area contributed by atoms with Crippen molar-refractivity contribution in [1.29, 1.82) is 0 Å². The molecule has 2 fully saturated rings. The lowest BCUT2D eigenvalue weighted by molar-refractivity contribution is 0.0690. The van der Waals surface area contributed by atoms with Crippen molar-refractivity contribution in [3.05, 3.63) is 0 Å². The Labute approximate surface area is 123 Å². The summed E-state index contributed by atoms with van der Waals surface area (Å²) >= 11 is 0. The Bertz CT molecular complexity index is 307. The van der Waals surface area contributed by atoms with Crippen LogP contribution in [0.1, 0.15) is 26.7 Å². The lowest BCUT2D eigenvalue weighted by Gasteiger charge is -2.19. The molecule has 114 valence electrons. The summed E-state index contributed by atoms with van der Waals surface area (Å²) in [5.41, 5.74) is 0. The van der Waals surface area contributed by atoms with Gasteiger partial charge in [-0.05, 0) is 26.7 Å². The summed E-state index contributed by atoms with van der Waals surface area (Å²) < 4.78 is 11.3.